The lowest BCUT2D eigenvalue weighted by molar-refractivity contribution is 0.129. The summed E-state index contributed by atoms with van der Waals surface area (Å²) in [5.74, 6) is 0.689. The van der Waals surface area contributed by atoms with Crippen molar-refractivity contribution in [3.63, 3.8) is 0 Å². The summed E-state index contributed by atoms with van der Waals surface area (Å²) >= 11 is 1.77. The van der Waals surface area contributed by atoms with E-state index in [0.29, 0.717) is 19.0 Å². The molecule has 1 fully saturated rings. The van der Waals surface area contributed by atoms with Crippen molar-refractivity contribution >= 4 is 17.4 Å². The van der Waals surface area contributed by atoms with Gasteiger partial charge in [0.2, 0.25) is 0 Å². The number of carbonyl (C=O) groups excluding carboxylic acids is 1. The van der Waals surface area contributed by atoms with E-state index in [1.54, 1.807) is 11.3 Å². The van der Waals surface area contributed by atoms with Crippen LogP contribution in [0.4, 0.5) is 4.79 Å². The van der Waals surface area contributed by atoms with Crippen molar-refractivity contribution in [2.24, 2.45) is 11.8 Å². The van der Waals surface area contributed by atoms with Gasteiger partial charge in [-0.05, 0) is 42.5 Å². The van der Waals surface area contributed by atoms with Gasteiger partial charge in [0.15, 0.2) is 0 Å². The van der Waals surface area contributed by atoms with Gasteiger partial charge in [0.1, 0.15) is 0 Å². The highest BCUT2D eigenvalue weighted by molar-refractivity contribution is 7.09. The first-order valence-corrected chi connectivity index (χ1v) is 8.23. The van der Waals surface area contributed by atoms with E-state index in [-0.39, 0.29) is 18.6 Å². The molecular weight excluding hydrogens is 272 g/mol. The SMILES string of the molecule is CC(CNC(=O)N1CCCC(CO)C1)Cc1cccs1. The molecule has 1 aromatic rings. The topological polar surface area (TPSA) is 52.6 Å². The molecular formula is C15H24N2O2S. The summed E-state index contributed by atoms with van der Waals surface area (Å²) in [4.78, 5) is 15.3. The number of nitrogens with one attached hydrogen (secondary N) is 1. The molecule has 1 aliphatic rings. The fourth-order valence-corrected chi connectivity index (χ4v) is 3.49. The molecule has 2 atom stereocenters. The molecule has 112 valence electrons. The molecule has 1 aliphatic heterocycles. The quantitative estimate of drug-likeness (QED) is 0.876. The Morgan fingerprint density at radius 2 is 2.50 bits per heavy atom. The normalized spacial score (nSPS) is 20.7. The average molecular weight is 296 g/mol. The molecule has 1 saturated heterocycles. The predicted octanol–water partition coefficient (Wildman–Crippen LogP) is 2.34. The highest BCUT2D eigenvalue weighted by Gasteiger charge is 2.23. The highest BCUT2D eigenvalue weighted by Crippen LogP contribution is 2.16. The molecule has 0 bridgehead atoms. The summed E-state index contributed by atoms with van der Waals surface area (Å²) in [5.41, 5.74) is 0. The van der Waals surface area contributed by atoms with Gasteiger partial charge >= 0.3 is 6.03 Å². The number of aliphatic hydroxyl groups is 1. The first kappa shape index (κ1) is 15.3. The smallest absolute Gasteiger partial charge is 0.317 e. The van der Waals surface area contributed by atoms with Gasteiger partial charge in [-0.3, -0.25) is 0 Å². The summed E-state index contributed by atoms with van der Waals surface area (Å²) in [6, 6.07) is 4.22. The van der Waals surface area contributed by atoms with E-state index < -0.39 is 0 Å². The minimum atomic E-state index is 0.0150. The number of nitrogens with zero attached hydrogens (tertiary/aromatic N) is 1. The van der Waals surface area contributed by atoms with Crippen LogP contribution in [0.5, 0.6) is 0 Å². The molecule has 2 N–H and O–H groups in total. The standard InChI is InChI=1S/C15H24N2O2S/c1-12(8-14-5-3-7-20-14)9-16-15(19)17-6-2-4-13(10-17)11-18/h3,5,7,12-13,18H,2,4,6,8-11H2,1H3,(H,16,19). The second-order valence-electron chi connectivity index (χ2n) is 5.71. The molecule has 2 unspecified atom stereocenters. The van der Waals surface area contributed by atoms with Crippen LogP contribution in [-0.2, 0) is 6.42 Å². The summed E-state index contributed by atoms with van der Waals surface area (Å²) in [6.07, 6.45) is 3.02. The lowest BCUT2D eigenvalue weighted by Gasteiger charge is -2.32. The molecule has 0 radical (unpaired) electrons. The van der Waals surface area contributed by atoms with E-state index >= 15 is 0 Å². The van der Waals surface area contributed by atoms with Crippen molar-refractivity contribution < 1.29 is 9.90 Å². The molecule has 4 nitrogen and oxygen atoms in total. The Hall–Kier alpha value is -1.07. The molecule has 0 aromatic carbocycles. The van der Waals surface area contributed by atoms with Crippen LogP contribution in [-0.4, -0.2) is 42.3 Å². The van der Waals surface area contributed by atoms with Crippen LogP contribution >= 0.6 is 11.3 Å². The number of urea groups is 1. The summed E-state index contributed by atoms with van der Waals surface area (Å²) < 4.78 is 0. The third-order valence-electron chi connectivity index (χ3n) is 3.80. The van der Waals surface area contributed by atoms with E-state index in [2.05, 4.69) is 29.8 Å². The molecule has 5 heteroatoms. The van der Waals surface area contributed by atoms with Gasteiger partial charge in [-0.2, -0.15) is 0 Å². The average Bonchev–Trinajstić information content (AvgIpc) is 2.97. The third kappa shape index (κ3) is 4.49. The second-order valence-corrected chi connectivity index (χ2v) is 6.74. The number of thiophene rings is 1. The first-order valence-electron chi connectivity index (χ1n) is 7.35. The lowest BCUT2D eigenvalue weighted by Crippen LogP contribution is -2.47. The predicted molar refractivity (Wildman–Crippen MR) is 82.0 cm³/mol. The zero-order chi connectivity index (χ0) is 14.4. The van der Waals surface area contributed by atoms with Gasteiger partial charge in [-0.15, -0.1) is 11.3 Å². The van der Waals surface area contributed by atoms with Crippen LogP contribution < -0.4 is 5.32 Å². The van der Waals surface area contributed by atoms with E-state index in [1.165, 1.54) is 4.88 Å². The van der Waals surface area contributed by atoms with Gasteiger partial charge in [0, 0.05) is 31.1 Å². The Morgan fingerprint density at radius 3 is 3.20 bits per heavy atom. The van der Waals surface area contributed by atoms with Crippen LogP contribution in [0, 0.1) is 11.8 Å². The number of hydrogen-bond donors (Lipinski definition) is 2. The second kappa shape index (κ2) is 7.64. The summed E-state index contributed by atoms with van der Waals surface area (Å²) in [7, 11) is 0. The molecule has 2 rings (SSSR count). The van der Waals surface area contributed by atoms with Crippen LogP contribution in [0.1, 0.15) is 24.6 Å². The van der Waals surface area contributed by atoms with Crippen molar-refractivity contribution in [2.75, 3.05) is 26.2 Å². The highest BCUT2D eigenvalue weighted by atomic mass is 32.1. The lowest BCUT2D eigenvalue weighted by atomic mass is 9.99. The fourth-order valence-electron chi connectivity index (χ4n) is 2.62. The number of carbonyl (C=O) groups is 1. The number of piperidine rings is 1. The van der Waals surface area contributed by atoms with Crippen LogP contribution in [0.2, 0.25) is 0 Å². The molecule has 2 amide bonds. The van der Waals surface area contributed by atoms with Gasteiger partial charge in [-0.25, -0.2) is 4.79 Å². The van der Waals surface area contributed by atoms with E-state index in [9.17, 15) is 9.90 Å². The summed E-state index contributed by atoms with van der Waals surface area (Å²) in [6.45, 7) is 4.53. The summed E-state index contributed by atoms with van der Waals surface area (Å²) in [5, 5.41) is 14.3. The van der Waals surface area contributed by atoms with Crippen LogP contribution in [0.25, 0.3) is 0 Å². The third-order valence-corrected chi connectivity index (χ3v) is 4.69. The van der Waals surface area contributed by atoms with Gasteiger partial charge < -0.3 is 15.3 Å². The molecule has 0 saturated carbocycles. The van der Waals surface area contributed by atoms with Gasteiger partial charge in [-0.1, -0.05) is 13.0 Å². The zero-order valence-electron chi connectivity index (χ0n) is 12.0. The number of rotatable bonds is 5. The number of likely N-dealkylation sites (tertiary alicyclic amines) is 1. The van der Waals surface area contributed by atoms with Crippen molar-refractivity contribution in [1.82, 2.24) is 10.2 Å². The van der Waals surface area contributed by atoms with E-state index in [0.717, 1.165) is 25.8 Å². The maximum absolute atomic E-state index is 12.1. The molecule has 1 aromatic heterocycles. The Bertz CT molecular complexity index is 408. The van der Waals surface area contributed by atoms with E-state index in [1.807, 2.05) is 4.90 Å². The minimum absolute atomic E-state index is 0.0150. The molecule has 0 aliphatic carbocycles. The van der Waals surface area contributed by atoms with Crippen molar-refractivity contribution in [3.05, 3.63) is 22.4 Å². The van der Waals surface area contributed by atoms with E-state index in [4.69, 9.17) is 0 Å². The van der Waals surface area contributed by atoms with Crippen molar-refractivity contribution in [3.8, 4) is 0 Å². The maximum Gasteiger partial charge on any atom is 0.317 e. The van der Waals surface area contributed by atoms with Crippen LogP contribution in [0.15, 0.2) is 17.5 Å². The van der Waals surface area contributed by atoms with Crippen molar-refractivity contribution in [1.29, 1.82) is 0 Å². The Balaban J connectivity index is 1.71. The van der Waals surface area contributed by atoms with Gasteiger partial charge in [0.25, 0.3) is 0 Å². The Morgan fingerprint density at radius 1 is 1.65 bits per heavy atom. The molecule has 0 spiro atoms. The largest absolute Gasteiger partial charge is 0.396 e. The van der Waals surface area contributed by atoms with Crippen molar-refractivity contribution in [2.45, 2.75) is 26.2 Å². The maximum atomic E-state index is 12.1. The monoisotopic (exact) mass is 296 g/mol. The molecule has 2 heterocycles. The number of aliphatic hydroxyl groups excluding tert-OH is 1. The Labute approximate surface area is 124 Å². The molecule has 20 heavy (non-hydrogen) atoms. The number of hydrogen-bond acceptors (Lipinski definition) is 3. The first-order chi connectivity index (χ1) is 9.69. The van der Waals surface area contributed by atoms with Gasteiger partial charge in [0.05, 0.1) is 0 Å². The zero-order valence-corrected chi connectivity index (χ0v) is 12.9. The number of amides is 2. The van der Waals surface area contributed by atoms with Crippen LogP contribution in [0.3, 0.4) is 0 Å². The Kier molecular flexibility index (Phi) is 5.86. The minimum Gasteiger partial charge on any atom is -0.396 e. The fraction of sp³-hybridized carbons (Fsp3) is 0.667.